The van der Waals surface area contributed by atoms with Crippen molar-refractivity contribution in [3.8, 4) is 0 Å². The molecule has 2 heterocycles. The molecule has 1 amide bonds. The lowest BCUT2D eigenvalue weighted by Gasteiger charge is -2.20. The van der Waals surface area contributed by atoms with Gasteiger partial charge < -0.3 is 9.47 Å². The number of rotatable bonds is 2. The highest BCUT2D eigenvalue weighted by atomic mass is 79.9. The molecule has 0 aliphatic carbocycles. The Hall–Kier alpha value is -1.29. The Morgan fingerprint density at radius 2 is 1.85 bits per heavy atom. The molecule has 0 bridgehead atoms. The molecule has 1 aliphatic rings. The lowest BCUT2D eigenvalue weighted by atomic mass is 10.2. The molecule has 3 rings (SSSR count). The molecule has 0 N–H and O–H groups in total. The fourth-order valence-electron chi connectivity index (χ4n) is 2.87. The minimum Gasteiger partial charge on any atom is -0.341 e. The summed E-state index contributed by atoms with van der Waals surface area (Å²) in [7, 11) is 0. The maximum atomic E-state index is 12.4. The van der Waals surface area contributed by atoms with Gasteiger partial charge in [0.25, 0.3) is 0 Å². The number of halogens is 1. The van der Waals surface area contributed by atoms with E-state index < -0.39 is 0 Å². The van der Waals surface area contributed by atoms with E-state index in [1.165, 1.54) is 18.2 Å². The maximum Gasteiger partial charge on any atom is 0.242 e. The minimum absolute atomic E-state index is 0.243. The molecule has 0 radical (unpaired) electrons. The van der Waals surface area contributed by atoms with Crippen molar-refractivity contribution in [2.45, 2.75) is 32.2 Å². The van der Waals surface area contributed by atoms with E-state index >= 15 is 0 Å². The van der Waals surface area contributed by atoms with Crippen molar-refractivity contribution in [2.75, 3.05) is 13.1 Å². The largest absolute Gasteiger partial charge is 0.341 e. The molecule has 20 heavy (non-hydrogen) atoms. The highest BCUT2D eigenvalue weighted by molar-refractivity contribution is 9.10. The van der Waals surface area contributed by atoms with Crippen LogP contribution in [-0.4, -0.2) is 28.5 Å². The average molecular weight is 335 g/mol. The highest BCUT2D eigenvalue weighted by Crippen LogP contribution is 2.21. The van der Waals surface area contributed by atoms with Gasteiger partial charge in [0.15, 0.2) is 0 Å². The molecule has 0 saturated carbocycles. The van der Waals surface area contributed by atoms with E-state index in [2.05, 4.69) is 38.7 Å². The quantitative estimate of drug-likeness (QED) is 0.819. The van der Waals surface area contributed by atoms with Crippen LogP contribution in [0.2, 0.25) is 0 Å². The molecule has 1 saturated heterocycles. The Morgan fingerprint density at radius 3 is 2.60 bits per heavy atom. The van der Waals surface area contributed by atoms with Gasteiger partial charge in [0.2, 0.25) is 5.91 Å². The smallest absolute Gasteiger partial charge is 0.242 e. The van der Waals surface area contributed by atoms with Crippen molar-refractivity contribution in [2.24, 2.45) is 0 Å². The van der Waals surface area contributed by atoms with Crippen LogP contribution < -0.4 is 0 Å². The van der Waals surface area contributed by atoms with E-state index in [0.717, 1.165) is 35.9 Å². The number of hydrogen-bond donors (Lipinski definition) is 0. The Morgan fingerprint density at radius 1 is 1.10 bits per heavy atom. The molecule has 0 unspecified atom stereocenters. The van der Waals surface area contributed by atoms with Gasteiger partial charge >= 0.3 is 0 Å². The fraction of sp³-hybridized carbons (Fsp3) is 0.438. The normalized spacial score (nSPS) is 16.4. The van der Waals surface area contributed by atoms with E-state index in [9.17, 15) is 4.79 Å². The number of likely N-dealkylation sites (tertiary alicyclic amines) is 1. The lowest BCUT2D eigenvalue weighted by Crippen LogP contribution is -2.34. The molecular weight excluding hydrogens is 316 g/mol. The molecule has 0 spiro atoms. The SMILES string of the molecule is O=C(Cn1ccc2cc(Br)ccc21)N1CCCCCC1. The number of nitrogens with zero attached hydrogens (tertiary/aromatic N) is 2. The Kier molecular flexibility index (Phi) is 4.10. The summed E-state index contributed by atoms with van der Waals surface area (Å²) in [6.07, 6.45) is 6.80. The van der Waals surface area contributed by atoms with Gasteiger partial charge in [-0.2, -0.15) is 0 Å². The van der Waals surface area contributed by atoms with Crippen molar-refractivity contribution in [3.63, 3.8) is 0 Å². The second-order valence-electron chi connectivity index (χ2n) is 5.44. The monoisotopic (exact) mass is 334 g/mol. The van der Waals surface area contributed by atoms with E-state index in [-0.39, 0.29) is 5.91 Å². The molecule has 1 fully saturated rings. The van der Waals surface area contributed by atoms with Crippen LogP contribution in [0.15, 0.2) is 34.9 Å². The second-order valence-corrected chi connectivity index (χ2v) is 6.36. The van der Waals surface area contributed by atoms with Crippen LogP contribution in [-0.2, 0) is 11.3 Å². The van der Waals surface area contributed by atoms with E-state index in [0.29, 0.717) is 6.54 Å². The first-order valence-corrected chi connectivity index (χ1v) is 8.05. The Labute approximate surface area is 127 Å². The van der Waals surface area contributed by atoms with Crippen molar-refractivity contribution in [1.82, 2.24) is 9.47 Å². The van der Waals surface area contributed by atoms with E-state index in [1.807, 2.05) is 17.2 Å². The Balaban J connectivity index is 1.76. The molecule has 1 aliphatic heterocycles. The fourth-order valence-corrected chi connectivity index (χ4v) is 3.25. The summed E-state index contributed by atoms with van der Waals surface area (Å²) in [6.45, 7) is 2.29. The lowest BCUT2D eigenvalue weighted by molar-refractivity contribution is -0.131. The van der Waals surface area contributed by atoms with Gasteiger partial charge in [-0.05, 0) is 37.1 Å². The predicted molar refractivity (Wildman–Crippen MR) is 84.7 cm³/mol. The molecular formula is C16H19BrN2O. The van der Waals surface area contributed by atoms with Crippen molar-refractivity contribution >= 4 is 32.7 Å². The number of aromatic nitrogens is 1. The number of hydrogen-bond acceptors (Lipinski definition) is 1. The zero-order valence-electron chi connectivity index (χ0n) is 11.5. The van der Waals surface area contributed by atoms with Crippen LogP contribution in [0.5, 0.6) is 0 Å². The third-order valence-corrected chi connectivity index (χ3v) is 4.49. The predicted octanol–water partition coefficient (Wildman–Crippen LogP) is 3.81. The summed E-state index contributed by atoms with van der Waals surface area (Å²) in [5.74, 6) is 0.243. The number of benzene rings is 1. The van der Waals surface area contributed by atoms with Crippen LogP contribution >= 0.6 is 15.9 Å². The number of amides is 1. The van der Waals surface area contributed by atoms with E-state index in [4.69, 9.17) is 0 Å². The summed E-state index contributed by atoms with van der Waals surface area (Å²) >= 11 is 3.48. The Bertz CT molecular complexity index is 612. The summed E-state index contributed by atoms with van der Waals surface area (Å²) in [5, 5.41) is 1.17. The summed E-state index contributed by atoms with van der Waals surface area (Å²) in [4.78, 5) is 14.5. The highest BCUT2D eigenvalue weighted by Gasteiger charge is 2.16. The number of carbonyl (C=O) groups is 1. The maximum absolute atomic E-state index is 12.4. The molecule has 1 aromatic carbocycles. The molecule has 0 atom stereocenters. The molecule has 2 aromatic rings. The van der Waals surface area contributed by atoms with Crippen molar-refractivity contribution < 1.29 is 4.79 Å². The zero-order chi connectivity index (χ0) is 13.9. The van der Waals surface area contributed by atoms with Gasteiger partial charge in [-0.3, -0.25) is 4.79 Å². The molecule has 3 nitrogen and oxygen atoms in total. The van der Waals surface area contributed by atoms with Crippen LogP contribution in [0, 0.1) is 0 Å². The topological polar surface area (TPSA) is 25.2 Å². The molecule has 4 heteroatoms. The number of fused-ring (bicyclic) bond motifs is 1. The van der Waals surface area contributed by atoms with Gasteiger partial charge in [-0.1, -0.05) is 28.8 Å². The molecule has 106 valence electrons. The van der Waals surface area contributed by atoms with E-state index in [1.54, 1.807) is 0 Å². The average Bonchev–Trinajstić information content (AvgIpc) is 2.66. The first-order valence-electron chi connectivity index (χ1n) is 7.26. The van der Waals surface area contributed by atoms with Crippen LogP contribution in [0.1, 0.15) is 25.7 Å². The summed E-state index contributed by atoms with van der Waals surface area (Å²) < 4.78 is 3.12. The standard InChI is InChI=1S/C16H19BrN2O/c17-14-5-6-15-13(11-14)7-10-19(15)12-16(20)18-8-3-1-2-4-9-18/h5-7,10-11H,1-4,8-9,12H2. The third-order valence-electron chi connectivity index (χ3n) is 4.00. The number of carbonyl (C=O) groups excluding carboxylic acids is 1. The first kappa shape index (κ1) is 13.7. The molecule has 1 aromatic heterocycles. The third kappa shape index (κ3) is 2.90. The van der Waals surface area contributed by atoms with Gasteiger partial charge in [-0.15, -0.1) is 0 Å². The zero-order valence-corrected chi connectivity index (χ0v) is 13.1. The van der Waals surface area contributed by atoms with Crippen molar-refractivity contribution in [1.29, 1.82) is 0 Å². The first-order chi connectivity index (χ1) is 9.74. The minimum atomic E-state index is 0.243. The van der Waals surface area contributed by atoms with Crippen LogP contribution in [0.25, 0.3) is 10.9 Å². The van der Waals surface area contributed by atoms with Crippen molar-refractivity contribution in [3.05, 3.63) is 34.9 Å². The van der Waals surface area contributed by atoms with Gasteiger partial charge in [0, 0.05) is 34.7 Å². The van der Waals surface area contributed by atoms with Crippen LogP contribution in [0.3, 0.4) is 0 Å². The van der Waals surface area contributed by atoms with Gasteiger partial charge in [-0.25, -0.2) is 0 Å². The van der Waals surface area contributed by atoms with Gasteiger partial charge in [0.1, 0.15) is 6.54 Å². The summed E-state index contributed by atoms with van der Waals surface area (Å²) in [5.41, 5.74) is 1.12. The second kappa shape index (κ2) is 6.00. The van der Waals surface area contributed by atoms with Crippen LogP contribution in [0.4, 0.5) is 0 Å². The van der Waals surface area contributed by atoms with Gasteiger partial charge in [0.05, 0.1) is 0 Å². The summed E-state index contributed by atoms with van der Waals surface area (Å²) in [6, 6.07) is 8.24.